The van der Waals surface area contributed by atoms with Crippen molar-refractivity contribution in [2.45, 2.75) is 44.1 Å². The Morgan fingerprint density at radius 2 is 1.78 bits per heavy atom. The van der Waals surface area contributed by atoms with Crippen molar-refractivity contribution in [3.8, 4) is 6.07 Å². The highest BCUT2D eigenvalue weighted by atomic mass is 15.4. The van der Waals surface area contributed by atoms with Crippen LogP contribution in [-0.4, -0.2) is 9.78 Å². The standard InChI is InChI=1S/C14H18N4/c15-7-12-8-17-18(13(12)16)14-4-9-1-10(5-14)3-11(2-9)6-14/h8-11H,1-6,16H2. The number of nitrogen functional groups attached to an aromatic ring is 1. The van der Waals surface area contributed by atoms with Gasteiger partial charge in [-0.2, -0.15) is 10.4 Å². The van der Waals surface area contributed by atoms with E-state index in [2.05, 4.69) is 11.2 Å². The Balaban J connectivity index is 1.79. The van der Waals surface area contributed by atoms with Crippen LogP contribution in [0.15, 0.2) is 6.20 Å². The molecule has 4 bridgehead atoms. The van der Waals surface area contributed by atoms with Crippen LogP contribution in [0.25, 0.3) is 0 Å². The summed E-state index contributed by atoms with van der Waals surface area (Å²) in [6, 6.07) is 2.14. The molecule has 4 aliphatic rings. The topological polar surface area (TPSA) is 67.6 Å². The first-order chi connectivity index (χ1) is 8.70. The van der Waals surface area contributed by atoms with Gasteiger partial charge in [0, 0.05) is 0 Å². The predicted octanol–water partition coefficient (Wildman–Crippen LogP) is 2.26. The third kappa shape index (κ3) is 1.22. The Hall–Kier alpha value is -1.50. The minimum atomic E-state index is 0.133. The Kier molecular flexibility index (Phi) is 1.90. The maximum Gasteiger partial charge on any atom is 0.140 e. The van der Waals surface area contributed by atoms with Gasteiger partial charge in [-0.1, -0.05) is 0 Å². The summed E-state index contributed by atoms with van der Waals surface area (Å²) in [5.41, 5.74) is 6.78. The van der Waals surface area contributed by atoms with Gasteiger partial charge >= 0.3 is 0 Å². The number of aromatic nitrogens is 2. The molecule has 0 saturated heterocycles. The van der Waals surface area contributed by atoms with Crippen molar-refractivity contribution in [1.82, 2.24) is 9.78 Å². The van der Waals surface area contributed by atoms with Crippen molar-refractivity contribution in [1.29, 1.82) is 5.26 Å². The van der Waals surface area contributed by atoms with Crippen molar-refractivity contribution < 1.29 is 0 Å². The number of nitriles is 1. The van der Waals surface area contributed by atoms with Crippen LogP contribution in [0.5, 0.6) is 0 Å². The molecule has 4 heteroatoms. The van der Waals surface area contributed by atoms with E-state index < -0.39 is 0 Å². The maximum absolute atomic E-state index is 9.03. The van der Waals surface area contributed by atoms with Gasteiger partial charge < -0.3 is 5.73 Å². The number of hydrogen-bond acceptors (Lipinski definition) is 3. The highest BCUT2D eigenvalue weighted by Gasteiger charge is 2.53. The molecule has 4 saturated carbocycles. The zero-order valence-electron chi connectivity index (χ0n) is 10.5. The minimum Gasteiger partial charge on any atom is -0.383 e. The van der Waals surface area contributed by atoms with Crippen molar-refractivity contribution >= 4 is 5.82 Å². The number of anilines is 1. The van der Waals surface area contributed by atoms with E-state index in [1.807, 2.05) is 4.68 Å². The lowest BCUT2D eigenvalue weighted by Gasteiger charge is -2.56. The van der Waals surface area contributed by atoms with Crippen LogP contribution in [-0.2, 0) is 5.54 Å². The van der Waals surface area contributed by atoms with Crippen molar-refractivity contribution in [3.63, 3.8) is 0 Å². The summed E-state index contributed by atoms with van der Waals surface area (Å²) in [4.78, 5) is 0. The zero-order valence-corrected chi connectivity index (χ0v) is 10.5. The molecule has 0 unspecified atom stereocenters. The van der Waals surface area contributed by atoms with Crippen molar-refractivity contribution in [3.05, 3.63) is 11.8 Å². The van der Waals surface area contributed by atoms with Gasteiger partial charge in [0.1, 0.15) is 17.5 Å². The van der Waals surface area contributed by atoms with Crippen LogP contribution < -0.4 is 5.73 Å². The highest BCUT2D eigenvalue weighted by Crippen LogP contribution is 2.59. The van der Waals surface area contributed by atoms with E-state index in [1.165, 1.54) is 38.5 Å². The van der Waals surface area contributed by atoms with Crippen molar-refractivity contribution in [2.24, 2.45) is 17.8 Å². The molecule has 5 rings (SSSR count). The Morgan fingerprint density at radius 1 is 1.22 bits per heavy atom. The van der Waals surface area contributed by atoms with Crippen LogP contribution in [0.4, 0.5) is 5.82 Å². The Morgan fingerprint density at radius 3 is 2.22 bits per heavy atom. The Bertz CT molecular complexity index is 501. The highest BCUT2D eigenvalue weighted by molar-refractivity contribution is 5.48. The van der Waals surface area contributed by atoms with Crippen LogP contribution in [0.3, 0.4) is 0 Å². The molecular weight excluding hydrogens is 224 g/mol. The molecular formula is C14H18N4. The molecule has 1 aromatic heterocycles. The molecule has 0 spiro atoms. The van der Waals surface area contributed by atoms with Crippen LogP contribution >= 0.6 is 0 Å². The molecule has 4 fully saturated rings. The summed E-state index contributed by atoms with van der Waals surface area (Å²) in [5.74, 6) is 3.18. The first-order valence-electron chi connectivity index (χ1n) is 6.94. The van der Waals surface area contributed by atoms with E-state index in [4.69, 9.17) is 11.0 Å². The average molecular weight is 242 g/mol. The number of nitrogens with two attached hydrogens (primary N) is 1. The second kappa shape index (κ2) is 3.28. The lowest BCUT2D eigenvalue weighted by molar-refractivity contribution is -0.0481. The average Bonchev–Trinajstić information content (AvgIpc) is 2.69. The first kappa shape index (κ1) is 10.4. The molecule has 0 radical (unpaired) electrons. The number of rotatable bonds is 1. The van der Waals surface area contributed by atoms with Gasteiger partial charge in [-0.25, -0.2) is 4.68 Å². The first-order valence-corrected chi connectivity index (χ1v) is 6.94. The number of nitrogens with zero attached hydrogens (tertiary/aromatic N) is 3. The molecule has 0 aliphatic heterocycles. The van der Waals surface area contributed by atoms with Gasteiger partial charge in [0.25, 0.3) is 0 Å². The second-order valence-electron chi connectivity index (χ2n) is 6.61. The molecule has 4 aliphatic carbocycles. The van der Waals surface area contributed by atoms with Gasteiger partial charge in [0.2, 0.25) is 0 Å². The van der Waals surface area contributed by atoms with E-state index in [9.17, 15) is 0 Å². The third-order valence-electron chi connectivity index (χ3n) is 5.38. The van der Waals surface area contributed by atoms with Crippen LogP contribution in [0, 0.1) is 29.1 Å². The molecule has 0 aromatic carbocycles. The van der Waals surface area contributed by atoms with Gasteiger partial charge in [0.05, 0.1) is 11.7 Å². The molecule has 18 heavy (non-hydrogen) atoms. The molecule has 2 N–H and O–H groups in total. The normalized spacial score (nSPS) is 40.9. The van der Waals surface area contributed by atoms with Gasteiger partial charge in [-0.15, -0.1) is 0 Å². The smallest absolute Gasteiger partial charge is 0.140 e. The fraction of sp³-hybridized carbons (Fsp3) is 0.714. The summed E-state index contributed by atoms with van der Waals surface area (Å²) in [6.45, 7) is 0. The minimum absolute atomic E-state index is 0.133. The summed E-state index contributed by atoms with van der Waals surface area (Å²) in [6.07, 6.45) is 9.51. The van der Waals surface area contributed by atoms with Crippen molar-refractivity contribution in [2.75, 3.05) is 5.73 Å². The van der Waals surface area contributed by atoms with Crippen LogP contribution in [0.2, 0.25) is 0 Å². The summed E-state index contributed by atoms with van der Waals surface area (Å²) in [5, 5.41) is 13.5. The fourth-order valence-electron chi connectivity index (χ4n) is 5.15. The van der Waals surface area contributed by atoms with Gasteiger partial charge in [-0.3, -0.25) is 0 Å². The second-order valence-corrected chi connectivity index (χ2v) is 6.61. The van der Waals surface area contributed by atoms with Crippen LogP contribution in [0.1, 0.15) is 44.1 Å². The zero-order chi connectivity index (χ0) is 12.3. The molecule has 0 atom stereocenters. The molecule has 1 aromatic rings. The van der Waals surface area contributed by atoms with E-state index >= 15 is 0 Å². The molecule has 94 valence electrons. The molecule has 4 nitrogen and oxygen atoms in total. The number of hydrogen-bond donors (Lipinski definition) is 1. The van der Waals surface area contributed by atoms with E-state index in [-0.39, 0.29) is 5.54 Å². The largest absolute Gasteiger partial charge is 0.383 e. The maximum atomic E-state index is 9.03. The van der Waals surface area contributed by atoms with Gasteiger partial charge in [0.15, 0.2) is 0 Å². The Labute approximate surface area is 107 Å². The van der Waals surface area contributed by atoms with Gasteiger partial charge in [-0.05, 0) is 56.3 Å². The molecule has 0 amide bonds. The summed E-state index contributed by atoms with van der Waals surface area (Å²) < 4.78 is 2.00. The quantitative estimate of drug-likeness (QED) is 0.821. The SMILES string of the molecule is N#Cc1cnn(C23CC4CC(CC(C4)C2)C3)c1N. The monoisotopic (exact) mass is 242 g/mol. The third-order valence-corrected chi connectivity index (χ3v) is 5.38. The van der Waals surface area contributed by atoms with E-state index in [1.54, 1.807) is 6.20 Å². The predicted molar refractivity (Wildman–Crippen MR) is 67.5 cm³/mol. The molecule has 1 heterocycles. The fourth-order valence-corrected chi connectivity index (χ4v) is 5.15. The lowest BCUT2D eigenvalue weighted by Crippen LogP contribution is -2.52. The van der Waals surface area contributed by atoms with E-state index in [0.717, 1.165) is 17.8 Å². The lowest BCUT2D eigenvalue weighted by atomic mass is 9.53. The van der Waals surface area contributed by atoms with E-state index in [0.29, 0.717) is 11.4 Å². The summed E-state index contributed by atoms with van der Waals surface area (Å²) in [7, 11) is 0. The summed E-state index contributed by atoms with van der Waals surface area (Å²) >= 11 is 0.